The topological polar surface area (TPSA) is 154 Å². The van der Waals surface area contributed by atoms with E-state index in [9.17, 15) is 14.4 Å². The Morgan fingerprint density at radius 3 is 1.88 bits per heavy atom. The Bertz CT molecular complexity index is 423. The molecule has 0 aromatic carbocycles. The molecule has 0 rings (SSSR count). The maximum Gasteiger partial charge on any atom is 0.323 e. The number of hydrogen-bond acceptors (Lipinski definition) is 5. The molecule has 142 valence electrons. The quantitative estimate of drug-likeness (QED) is 0.200. The van der Waals surface area contributed by atoms with Crippen molar-refractivity contribution >= 4 is 36.3 Å². The largest absolute Gasteiger partial charge is 0.481 e. The second-order valence-corrected chi connectivity index (χ2v) is 5.94. The molecule has 0 unspecified atom stereocenters. The first kappa shape index (κ1) is 26.8. The fourth-order valence-corrected chi connectivity index (χ4v) is 1.47. The first-order valence-electron chi connectivity index (χ1n) is 6.71. The van der Waals surface area contributed by atoms with E-state index in [1.807, 2.05) is 21.1 Å². The summed E-state index contributed by atoms with van der Waals surface area (Å²) in [7, 11) is 7.19. The van der Waals surface area contributed by atoms with Crippen LogP contribution in [0, 0.1) is 5.41 Å². The SMILES string of the molecule is CC(=O)O[C@H](CC(=O)O)C[N+](C)(C)C.CN(CC(=O)O)C(=N)N.Cl. The molecule has 0 radical (unpaired) electrons. The highest BCUT2D eigenvalue weighted by molar-refractivity contribution is 5.85. The van der Waals surface area contributed by atoms with Crippen molar-refractivity contribution in [3.63, 3.8) is 0 Å². The zero-order valence-corrected chi connectivity index (χ0v) is 15.4. The van der Waals surface area contributed by atoms with Gasteiger partial charge in [-0.25, -0.2) is 0 Å². The molecule has 0 spiro atoms. The Hall–Kier alpha value is -2.07. The first-order valence-corrected chi connectivity index (χ1v) is 6.71. The highest BCUT2D eigenvalue weighted by Crippen LogP contribution is 2.04. The molecule has 0 bridgehead atoms. The highest BCUT2D eigenvalue weighted by atomic mass is 35.5. The number of nitrogens with two attached hydrogens (primary N) is 1. The fraction of sp³-hybridized carbons (Fsp3) is 0.692. The molecule has 10 nitrogen and oxygen atoms in total. The smallest absolute Gasteiger partial charge is 0.323 e. The minimum atomic E-state index is -0.993. The van der Waals surface area contributed by atoms with Crippen molar-refractivity contribution in [1.29, 1.82) is 5.41 Å². The third-order valence-corrected chi connectivity index (χ3v) is 2.27. The number of rotatable bonds is 7. The van der Waals surface area contributed by atoms with Crippen molar-refractivity contribution in [3.8, 4) is 0 Å². The second kappa shape index (κ2) is 12.4. The van der Waals surface area contributed by atoms with Crippen LogP contribution < -0.4 is 5.73 Å². The lowest BCUT2D eigenvalue weighted by molar-refractivity contribution is -0.873. The average molecular weight is 372 g/mol. The molecule has 0 amide bonds. The maximum absolute atomic E-state index is 10.7. The number of nitrogens with zero attached hydrogens (tertiary/aromatic N) is 2. The van der Waals surface area contributed by atoms with Crippen molar-refractivity contribution in [2.24, 2.45) is 5.73 Å². The number of aliphatic carboxylic acids is 2. The van der Waals surface area contributed by atoms with Crippen molar-refractivity contribution in [3.05, 3.63) is 0 Å². The van der Waals surface area contributed by atoms with Crippen LogP contribution in [0.25, 0.3) is 0 Å². The van der Waals surface area contributed by atoms with Crippen LogP contribution >= 0.6 is 12.4 Å². The molecular formula is C13H28ClN4O6+. The molecular weight excluding hydrogens is 344 g/mol. The molecule has 0 fully saturated rings. The van der Waals surface area contributed by atoms with E-state index in [-0.39, 0.29) is 31.3 Å². The summed E-state index contributed by atoms with van der Waals surface area (Å²) in [6, 6.07) is 0. The molecule has 11 heteroatoms. The van der Waals surface area contributed by atoms with E-state index in [0.717, 1.165) is 4.90 Å². The summed E-state index contributed by atoms with van der Waals surface area (Å²) in [5, 5.41) is 23.5. The van der Waals surface area contributed by atoms with E-state index in [1.165, 1.54) is 14.0 Å². The molecule has 0 saturated heterocycles. The van der Waals surface area contributed by atoms with Crippen LogP contribution in [0.5, 0.6) is 0 Å². The lowest BCUT2D eigenvalue weighted by Gasteiger charge is -2.28. The number of esters is 1. The fourth-order valence-electron chi connectivity index (χ4n) is 1.47. The Morgan fingerprint density at radius 1 is 1.21 bits per heavy atom. The third kappa shape index (κ3) is 19.9. The van der Waals surface area contributed by atoms with E-state index in [2.05, 4.69) is 0 Å². The van der Waals surface area contributed by atoms with E-state index in [0.29, 0.717) is 11.0 Å². The number of halogens is 1. The van der Waals surface area contributed by atoms with Crippen molar-refractivity contribution in [2.45, 2.75) is 19.4 Å². The molecule has 0 saturated carbocycles. The van der Waals surface area contributed by atoms with Gasteiger partial charge in [0.2, 0.25) is 0 Å². The average Bonchev–Trinajstić information content (AvgIpc) is 2.23. The van der Waals surface area contributed by atoms with Crippen LogP contribution in [0.3, 0.4) is 0 Å². The van der Waals surface area contributed by atoms with Gasteiger partial charge in [-0.05, 0) is 0 Å². The number of carbonyl (C=O) groups is 3. The summed E-state index contributed by atoms with van der Waals surface area (Å²) in [6.07, 6.45) is -0.695. The Labute approximate surface area is 147 Å². The minimum absolute atomic E-state index is 0. The van der Waals surface area contributed by atoms with Gasteiger partial charge in [0.15, 0.2) is 12.1 Å². The van der Waals surface area contributed by atoms with Gasteiger partial charge in [0.05, 0.1) is 27.6 Å². The van der Waals surface area contributed by atoms with Gasteiger partial charge in [0, 0.05) is 14.0 Å². The summed E-state index contributed by atoms with van der Waals surface area (Å²) in [5.41, 5.74) is 4.93. The van der Waals surface area contributed by atoms with E-state index >= 15 is 0 Å². The summed E-state index contributed by atoms with van der Waals surface area (Å²) in [6.45, 7) is 1.55. The van der Waals surface area contributed by atoms with Gasteiger partial charge in [0.1, 0.15) is 13.1 Å². The lowest BCUT2D eigenvalue weighted by atomic mass is 10.2. The predicted molar refractivity (Wildman–Crippen MR) is 90.1 cm³/mol. The van der Waals surface area contributed by atoms with Gasteiger partial charge in [-0.2, -0.15) is 0 Å². The molecule has 0 aliphatic heterocycles. The summed E-state index contributed by atoms with van der Waals surface area (Å²) < 4.78 is 5.46. The summed E-state index contributed by atoms with van der Waals surface area (Å²) in [4.78, 5) is 32.2. The standard InChI is InChI=1S/C9H17NO4.C4H9N3O2.ClH/c1-7(11)14-8(5-9(12)13)6-10(2,3)4;1-7(4(5)6)2-3(8)9;/h8H,5-6H2,1-4H3;2H2,1H3,(H3,5,6)(H,8,9);1H/p+1/t8-;;/m1../s1. The maximum atomic E-state index is 10.7. The Balaban J connectivity index is -0.000000385. The zero-order valence-electron chi connectivity index (χ0n) is 14.6. The molecule has 1 atom stereocenters. The number of likely N-dealkylation sites (N-methyl/N-ethyl adjacent to an activating group) is 2. The molecule has 0 aliphatic carbocycles. The van der Waals surface area contributed by atoms with Crippen LogP contribution in [0.2, 0.25) is 0 Å². The monoisotopic (exact) mass is 371 g/mol. The minimum Gasteiger partial charge on any atom is -0.481 e. The van der Waals surface area contributed by atoms with E-state index in [4.69, 9.17) is 26.1 Å². The lowest BCUT2D eigenvalue weighted by Crippen LogP contribution is -2.43. The molecule has 0 heterocycles. The summed E-state index contributed by atoms with van der Waals surface area (Å²) in [5.74, 6) is -2.63. The first-order chi connectivity index (χ1) is 10.2. The van der Waals surface area contributed by atoms with Crippen molar-refractivity contribution < 1.29 is 33.8 Å². The van der Waals surface area contributed by atoms with Crippen LogP contribution in [0.4, 0.5) is 0 Å². The Kier molecular flexibility index (Phi) is 13.8. The molecule has 24 heavy (non-hydrogen) atoms. The number of carbonyl (C=O) groups excluding carboxylic acids is 1. The number of carboxylic acid groups (broad SMARTS) is 2. The van der Waals surface area contributed by atoms with Gasteiger partial charge in [-0.1, -0.05) is 0 Å². The van der Waals surface area contributed by atoms with Crippen LogP contribution in [0.1, 0.15) is 13.3 Å². The number of nitrogens with one attached hydrogen (secondary N) is 1. The van der Waals surface area contributed by atoms with Crippen LogP contribution in [-0.2, 0) is 19.1 Å². The van der Waals surface area contributed by atoms with Gasteiger partial charge in [0.25, 0.3) is 0 Å². The highest BCUT2D eigenvalue weighted by Gasteiger charge is 2.23. The number of carboxylic acids is 2. The number of ether oxygens (including phenoxy) is 1. The molecule has 0 aliphatic rings. The molecule has 0 aromatic rings. The van der Waals surface area contributed by atoms with Crippen LogP contribution in [0.15, 0.2) is 0 Å². The molecule has 0 aromatic heterocycles. The number of quaternary nitrogens is 1. The van der Waals surface area contributed by atoms with Gasteiger partial charge < -0.3 is 30.1 Å². The van der Waals surface area contributed by atoms with E-state index < -0.39 is 24.0 Å². The van der Waals surface area contributed by atoms with Crippen molar-refractivity contribution in [2.75, 3.05) is 41.3 Å². The normalized spacial score (nSPS) is 11.0. The van der Waals surface area contributed by atoms with Crippen LogP contribution in [-0.4, -0.2) is 90.8 Å². The predicted octanol–water partition coefficient (Wildman–Crippen LogP) is -0.583. The second-order valence-electron chi connectivity index (χ2n) is 5.94. The van der Waals surface area contributed by atoms with E-state index in [1.54, 1.807) is 0 Å². The van der Waals surface area contributed by atoms with Gasteiger partial charge in [-0.3, -0.25) is 19.8 Å². The number of guanidine groups is 1. The van der Waals surface area contributed by atoms with Crippen molar-refractivity contribution in [1.82, 2.24) is 4.90 Å². The van der Waals surface area contributed by atoms with Gasteiger partial charge >= 0.3 is 17.9 Å². The summed E-state index contributed by atoms with van der Waals surface area (Å²) >= 11 is 0. The van der Waals surface area contributed by atoms with Gasteiger partial charge in [-0.15, -0.1) is 12.4 Å². The molecule has 5 N–H and O–H groups in total. The number of hydrogen-bond donors (Lipinski definition) is 4. The zero-order chi connectivity index (χ0) is 18.8. The Morgan fingerprint density at radius 2 is 1.67 bits per heavy atom. The third-order valence-electron chi connectivity index (χ3n) is 2.27.